The third-order valence-corrected chi connectivity index (χ3v) is 3.13. The van der Waals surface area contributed by atoms with Crippen LogP contribution in [0.4, 0.5) is 5.82 Å². The van der Waals surface area contributed by atoms with Gasteiger partial charge in [-0.2, -0.15) is 0 Å². The van der Waals surface area contributed by atoms with Gasteiger partial charge in [-0.05, 0) is 19.8 Å². The van der Waals surface area contributed by atoms with E-state index in [-0.39, 0.29) is 0 Å². The van der Waals surface area contributed by atoms with Crippen LogP contribution in [0.5, 0.6) is 0 Å². The molecule has 17 heavy (non-hydrogen) atoms. The van der Waals surface area contributed by atoms with E-state index in [4.69, 9.17) is 4.74 Å². The maximum atomic E-state index is 5.08. The van der Waals surface area contributed by atoms with Gasteiger partial charge in [0, 0.05) is 24.9 Å². The van der Waals surface area contributed by atoms with Crippen molar-refractivity contribution in [2.75, 3.05) is 12.4 Å². The Labute approximate surface area is 103 Å². The quantitative estimate of drug-likeness (QED) is 0.871. The summed E-state index contributed by atoms with van der Waals surface area (Å²) in [6.45, 7) is 2.47. The average molecular weight is 235 g/mol. The van der Waals surface area contributed by atoms with Gasteiger partial charge in [0.1, 0.15) is 12.4 Å². The van der Waals surface area contributed by atoms with Crippen LogP contribution < -0.4 is 5.32 Å². The lowest BCUT2D eigenvalue weighted by Gasteiger charge is -2.23. The van der Waals surface area contributed by atoms with E-state index in [1.807, 2.05) is 13.0 Å². The van der Waals surface area contributed by atoms with Crippen LogP contribution in [-0.4, -0.2) is 23.1 Å². The zero-order valence-electron chi connectivity index (χ0n) is 10.7. The Balaban J connectivity index is 2.03. The monoisotopic (exact) mass is 235 g/mol. The Kier molecular flexibility index (Phi) is 4.31. The first kappa shape index (κ1) is 12.3. The smallest absolute Gasteiger partial charge is 0.156 e. The van der Waals surface area contributed by atoms with Gasteiger partial charge in [0.25, 0.3) is 0 Å². The van der Waals surface area contributed by atoms with E-state index in [1.54, 1.807) is 7.11 Å². The maximum absolute atomic E-state index is 5.08. The number of hydrogen-bond acceptors (Lipinski definition) is 4. The topological polar surface area (TPSA) is 47.0 Å². The number of hydrogen-bond donors (Lipinski definition) is 1. The molecule has 1 saturated carbocycles. The molecular formula is C13H21N3O. The zero-order chi connectivity index (χ0) is 12.1. The summed E-state index contributed by atoms with van der Waals surface area (Å²) in [7, 11) is 1.67. The largest absolute Gasteiger partial charge is 0.377 e. The van der Waals surface area contributed by atoms with E-state index >= 15 is 0 Å². The fraction of sp³-hybridized carbons (Fsp3) is 0.692. The summed E-state index contributed by atoms with van der Waals surface area (Å²) in [6, 6.07) is 2.58. The van der Waals surface area contributed by atoms with Crippen molar-refractivity contribution < 1.29 is 4.74 Å². The number of rotatable bonds is 4. The maximum Gasteiger partial charge on any atom is 0.156 e. The van der Waals surface area contributed by atoms with Gasteiger partial charge < -0.3 is 10.1 Å². The molecule has 0 saturated heterocycles. The molecule has 1 aromatic rings. The van der Waals surface area contributed by atoms with Crippen molar-refractivity contribution in [2.24, 2.45) is 0 Å². The van der Waals surface area contributed by atoms with Gasteiger partial charge in [-0.25, -0.2) is 9.97 Å². The highest BCUT2D eigenvalue weighted by molar-refractivity contribution is 5.37. The van der Waals surface area contributed by atoms with Crippen molar-refractivity contribution in [2.45, 2.75) is 51.7 Å². The van der Waals surface area contributed by atoms with Crippen LogP contribution in [0.2, 0.25) is 0 Å². The first-order chi connectivity index (χ1) is 8.28. The summed E-state index contributed by atoms with van der Waals surface area (Å²) in [5, 5.41) is 3.51. The second-order valence-electron chi connectivity index (χ2n) is 4.72. The Morgan fingerprint density at radius 1 is 1.29 bits per heavy atom. The van der Waals surface area contributed by atoms with Gasteiger partial charge in [0.05, 0.1) is 0 Å². The van der Waals surface area contributed by atoms with Gasteiger partial charge in [0.15, 0.2) is 5.82 Å². The third kappa shape index (κ3) is 3.66. The molecule has 1 fully saturated rings. The van der Waals surface area contributed by atoms with E-state index < -0.39 is 0 Å². The van der Waals surface area contributed by atoms with E-state index in [0.29, 0.717) is 12.6 Å². The van der Waals surface area contributed by atoms with Crippen molar-refractivity contribution in [3.63, 3.8) is 0 Å². The first-order valence-electron chi connectivity index (χ1n) is 6.38. The van der Waals surface area contributed by atoms with Crippen LogP contribution in [-0.2, 0) is 11.3 Å². The number of methoxy groups -OCH3 is 1. The van der Waals surface area contributed by atoms with Crippen molar-refractivity contribution in [1.82, 2.24) is 9.97 Å². The highest BCUT2D eigenvalue weighted by Crippen LogP contribution is 2.21. The van der Waals surface area contributed by atoms with Crippen LogP contribution in [0.3, 0.4) is 0 Å². The molecule has 1 aliphatic rings. The lowest BCUT2D eigenvalue weighted by atomic mass is 9.95. The van der Waals surface area contributed by atoms with Crippen LogP contribution in [0.15, 0.2) is 6.07 Å². The van der Waals surface area contributed by atoms with Crippen LogP contribution in [0.1, 0.15) is 43.6 Å². The molecule has 0 aromatic carbocycles. The molecule has 1 aromatic heterocycles. The molecule has 0 radical (unpaired) electrons. The van der Waals surface area contributed by atoms with E-state index in [2.05, 4.69) is 15.3 Å². The van der Waals surface area contributed by atoms with Crippen molar-refractivity contribution >= 4 is 5.82 Å². The van der Waals surface area contributed by atoms with Gasteiger partial charge in [0.2, 0.25) is 0 Å². The minimum absolute atomic E-state index is 0.473. The number of aromatic nitrogens is 2. The summed E-state index contributed by atoms with van der Waals surface area (Å²) in [4.78, 5) is 8.81. The Bertz CT molecular complexity index is 362. The second kappa shape index (κ2) is 5.96. The Morgan fingerprint density at radius 3 is 2.76 bits per heavy atom. The van der Waals surface area contributed by atoms with Gasteiger partial charge >= 0.3 is 0 Å². The first-order valence-corrected chi connectivity index (χ1v) is 6.38. The Morgan fingerprint density at radius 2 is 2.06 bits per heavy atom. The molecule has 1 heterocycles. The summed E-state index contributed by atoms with van der Waals surface area (Å²) < 4.78 is 5.08. The number of nitrogens with zero attached hydrogens (tertiary/aromatic N) is 2. The SMILES string of the molecule is COCc1nc(C)cc(NC2CCCCC2)n1. The summed E-state index contributed by atoms with van der Waals surface area (Å²) in [5.41, 5.74) is 0.991. The Hall–Kier alpha value is -1.16. The van der Waals surface area contributed by atoms with E-state index in [0.717, 1.165) is 17.3 Å². The molecule has 0 atom stereocenters. The molecule has 4 heteroatoms. The summed E-state index contributed by atoms with van der Waals surface area (Å²) >= 11 is 0. The van der Waals surface area contributed by atoms with E-state index in [9.17, 15) is 0 Å². The highest BCUT2D eigenvalue weighted by atomic mass is 16.5. The summed E-state index contributed by atoms with van der Waals surface area (Å²) in [6.07, 6.45) is 6.53. The fourth-order valence-corrected chi connectivity index (χ4v) is 2.35. The number of anilines is 1. The fourth-order valence-electron chi connectivity index (χ4n) is 2.35. The second-order valence-corrected chi connectivity index (χ2v) is 4.72. The number of nitrogens with one attached hydrogen (secondary N) is 1. The molecule has 1 N–H and O–H groups in total. The lowest BCUT2D eigenvalue weighted by Crippen LogP contribution is -2.23. The van der Waals surface area contributed by atoms with Gasteiger partial charge in [-0.3, -0.25) is 0 Å². The lowest BCUT2D eigenvalue weighted by molar-refractivity contribution is 0.177. The molecule has 0 bridgehead atoms. The predicted molar refractivity (Wildman–Crippen MR) is 68.0 cm³/mol. The molecule has 0 amide bonds. The van der Waals surface area contributed by atoms with Crippen molar-refractivity contribution in [3.05, 3.63) is 17.6 Å². The molecule has 0 aliphatic heterocycles. The van der Waals surface area contributed by atoms with Crippen LogP contribution in [0.25, 0.3) is 0 Å². The average Bonchev–Trinajstić information content (AvgIpc) is 2.30. The molecule has 4 nitrogen and oxygen atoms in total. The van der Waals surface area contributed by atoms with Gasteiger partial charge in [-0.1, -0.05) is 19.3 Å². The molecule has 2 rings (SSSR count). The minimum Gasteiger partial charge on any atom is -0.377 e. The van der Waals surface area contributed by atoms with Crippen LogP contribution in [0, 0.1) is 6.92 Å². The third-order valence-electron chi connectivity index (χ3n) is 3.13. The number of aryl methyl sites for hydroxylation is 1. The van der Waals surface area contributed by atoms with E-state index in [1.165, 1.54) is 32.1 Å². The molecular weight excluding hydrogens is 214 g/mol. The van der Waals surface area contributed by atoms with Crippen molar-refractivity contribution in [1.29, 1.82) is 0 Å². The standard InChI is InChI=1S/C13H21N3O/c1-10-8-12(16-13(14-10)9-17-2)15-11-6-4-3-5-7-11/h8,11H,3-7,9H2,1-2H3,(H,14,15,16). The molecule has 1 aliphatic carbocycles. The van der Waals surface area contributed by atoms with Crippen molar-refractivity contribution in [3.8, 4) is 0 Å². The molecule has 0 unspecified atom stereocenters. The van der Waals surface area contributed by atoms with Gasteiger partial charge in [-0.15, -0.1) is 0 Å². The normalized spacial score (nSPS) is 17.1. The predicted octanol–water partition coefficient (Wildman–Crippen LogP) is 2.68. The summed E-state index contributed by atoms with van der Waals surface area (Å²) in [5.74, 6) is 1.70. The molecule has 94 valence electrons. The molecule has 0 spiro atoms. The zero-order valence-corrected chi connectivity index (χ0v) is 10.7. The minimum atomic E-state index is 0.473. The van der Waals surface area contributed by atoms with Crippen LogP contribution >= 0.6 is 0 Å². The number of ether oxygens (including phenoxy) is 1. The highest BCUT2D eigenvalue weighted by Gasteiger charge is 2.14.